The summed E-state index contributed by atoms with van der Waals surface area (Å²) in [6.07, 6.45) is 1.74. The molecule has 2 aromatic carbocycles. The third-order valence-electron chi connectivity index (χ3n) is 2.82. The molecular formula is C15H10LiNO. The molecule has 3 heteroatoms. The summed E-state index contributed by atoms with van der Waals surface area (Å²) >= 11 is 0. The monoisotopic (exact) mass is 227 g/mol. The summed E-state index contributed by atoms with van der Waals surface area (Å²) < 4.78 is 0. The molecule has 0 radical (unpaired) electrons. The van der Waals surface area contributed by atoms with Crippen LogP contribution in [0.25, 0.3) is 22.0 Å². The Kier molecular flexibility index (Phi) is 3.71. The second-order valence-electron chi connectivity index (χ2n) is 3.88. The molecular weight excluding hydrogens is 217 g/mol. The minimum absolute atomic E-state index is 0. The van der Waals surface area contributed by atoms with Crippen LogP contribution < -0.4 is 24.0 Å². The first-order valence-electron chi connectivity index (χ1n) is 5.46. The summed E-state index contributed by atoms with van der Waals surface area (Å²) in [5.74, 6) is 0.0105. The van der Waals surface area contributed by atoms with Gasteiger partial charge in [0.15, 0.2) is 0 Å². The maximum Gasteiger partial charge on any atom is 1.00 e. The second-order valence-corrected chi connectivity index (χ2v) is 3.88. The van der Waals surface area contributed by atoms with Crippen molar-refractivity contribution in [3.63, 3.8) is 0 Å². The van der Waals surface area contributed by atoms with Crippen molar-refractivity contribution in [2.45, 2.75) is 0 Å². The van der Waals surface area contributed by atoms with Crippen molar-refractivity contribution in [3.05, 3.63) is 60.8 Å². The Morgan fingerprint density at radius 1 is 0.833 bits per heavy atom. The first-order chi connectivity index (χ1) is 8.36. The molecule has 0 saturated carbocycles. The minimum atomic E-state index is 0. The van der Waals surface area contributed by atoms with Crippen LogP contribution in [0, 0.1) is 0 Å². The van der Waals surface area contributed by atoms with Crippen LogP contribution in [0.5, 0.6) is 5.75 Å². The maximum atomic E-state index is 11.8. The molecule has 82 valence electrons. The Morgan fingerprint density at radius 2 is 1.56 bits per heavy atom. The van der Waals surface area contributed by atoms with Gasteiger partial charge >= 0.3 is 18.9 Å². The van der Waals surface area contributed by atoms with Crippen molar-refractivity contribution in [3.8, 4) is 17.0 Å². The number of aromatic nitrogens is 1. The summed E-state index contributed by atoms with van der Waals surface area (Å²) in [6, 6.07) is 16.9. The molecule has 0 N–H and O–H groups in total. The number of hydrogen-bond acceptors (Lipinski definition) is 2. The predicted octanol–water partition coefficient (Wildman–Crippen LogP) is -0.0206. The molecule has 0 unspecified atom stereocenters. The quantitative estimate of drug-likeness (QED) is 0.548. The van der Waals surface area contributed by atoms with E-state index in [2.05, 4.69) is 4.98 Å². The number of pyridine rings is 1. The zero-order valence-electron chi connectivity index (χ0n) is 10.1. The van der Waals surface area contributed by atoms with E-state index in [4.69, 9.17) is 0 Å². The van der Waals surface area contributed by atoms with Crippen LogP contribution in [0.15, 0.2) is 60.8 Å². The van der Waals surface area contributed by atoms with E-state index in [1.807, 2.05) is 42.5 Å². The van der Waals surface area contributed by atoms with E-state index in [0.29, 0.717) is 5.56 Å². The Balaban J connectivity index is 0.00000120. The molecule has 0 spiro atoms. The summed E-state index contributed by atoms with van der Waals surface area (Å²) in [6.45, 7) is 0. The molecule has 1 aromatic heterocycles. The minimum Gasteiger partial charge on any atom is -0.872 e. The van der Waals surface area contributed by atoms with E-state index in [1.165, 1.54) is 0 Å². The first-order valence-corrected chi connectivity index (χ1v) is 5.46. The van der Waals surface area contributed by atoms with Gasteiger partial charge in [0.05, 0.1) is 5.69 Å². The normalized spacial score (nSPS) is 10.0. The smallest absolute Gasteiger partial charge is 0.872 e. The topological polar surface area (TPSA) is 36.0 Å². The second kappa shape index (κ2) is 5.26. The number of nitrogens with zero attached hydrogens (tertiary/aromatic N) is 1. The van der Waals surface area contributed by atoms with E-state index in [1.54, 1.807) is 18.3 Å². The standard InChI is InChI=1S/C15H11NO.Li/c17-14-8-4-3-7-13(14)15-12-6-2-1-5-11(12)9-10-16-15;/h1-10,17H;/q;+1/p-1. The van der Waals surface area contributed by atoms with E-state index in [-0.39, 0.29) is 24.6 Å². The molecule has 0 aliphatic carbocycles. The van der Waals surface area contributed by atoms with Gasteiger partial charge in [0.2, 0.25) is 0 Å². The Morgan fingerprint density at radius 3 is 2.39 bits per heavy atom. The van der Waals surface area contributed by atoms with Gasteiger partial charge in [0, 0.05) is 11.6 Å². The van der Waals surface area contributed by atoms with Crippen molar-refractivity contribution in [1.29, 1.82) is 0 Å². The first kappa shape index (κ1) is 12.7. The fourth-order valence-corrected chi connectivity index (χ4v) is 2.00. The van der Waals surface area contributed by atoms with Crippen LogP contribution in [0.4, 0.5) is 0 Å². The van der Waals surface area contributed by atoms with Crippen molar-refractivity contribution in [2.24, 2.45) is 0 Å². The van der Waals surface area contributed by atoms with Gasteiger partial charge in [-0.15, -0.1) is 0 Å². The molecule has 0 amide bonds. The van der Waals surface area contributed by atoms with Crippen LogP contribution in [0.2, 0.25) is 0 Å². The van der Waals surface area contributed by atoms with Crippen LogP contribution in [-0.2, 0) is 0 Å². The fraction of sp³-hybridized carbons (Fsp3) is 0. The Hall–Kier alpha value is -1.75. The molecule has 18 heavy (non-hydrogen) atoms. The molecule has 0 bridgehead atoms. The molecule has 2 nitrogen and oxygen atoms in total. The largest absolute Gasteiger partial charge is 1.00 e. The van der Waals surface area contributed by atoms with Crippen molar-refractivity contribution in [2.75, 3.05) is 0 Å². The van der Waals surface area contributed by atoms with E-state index in [9.17, 15) is 5.11 Å². The van der Waals surface area contributed by atoms with Crippen molar-refractivity contribution in [1.82, 2.24) is 4.98 Å². The average Bonchev–Trinajstić information content (AvgIpc) is 2.39. The number of fused-ring (bicyclic) bond motifs is 1. The zero-order chi connectivity index (χ0) is 11.7. The van der Waals surface area contributed by atoms with Gasteiger partial charge in [0.1, 0.15) is 0 Å². The van der Waals surface area contributed by atoms with Crippen molar-refractivity contribution >= 4 is 10.8 Å². The molecule has 0 atom stereocenters. The van der Waals surface area contributed by atoms with Gasteiger partial charge in [-0.25, -0.2) is 0 Å². The Bertz CT molecular complexity index is 677. The SMILES string of the molecule is [Li+].[O-]c1ccccc1-c1nccc2ccccc12. The van der Waals surface area contributed by atoms with Crippen LogP contribution in [0.3, 0.4) is 0 Å². The molecule has 0 aliphatic rings. The predicted molar refractivity (Wildman–Crippen MR) is 66.6 cm³/mol. The zero-order valence-corrected chi connectivity index (χ0v) is 10.1. The van der Waals surface area contributed by atoms with Crippen molar-refractivity contribution < 1.29 is 24.0 Å². The van der Waals surface area contributed by atoms with Crippen LogP contribution in [-0.4, -0.2) is 4.98 Å². The summed E-state index contributed by atoms with van der Waals surface area (Å²) in [7, 11) is 0. The third-order valence-corrected chi connectivity index (χ3v) is 2.82. The van der Waals surface area contributed by atoms with Gasteiger partial charge in [-0.2, -0.15) is 0 Å². The average molecular weight is 227 g/mol. The van der Waals surface area contributed by atoms with Crippen LogP contribution >= 0.6 is 0 Å². The van der Waals surface area contributed by atoms with E-state index >= 15 is 0 Å². The summed E-state index contributed by atoms with van der Waals surface area (Å²) in [4.78, 5) is 4.34. The third kappa shape index (κ3) is 2.13. The van der Waals surface area contributed by atoms with E-state index < -0.39 is 0 Å². The number of hydrogen-bond donors (Lipinski definition) is 0. The molecule has 1 heterocycles. The fourth-order valence-electron chi connectivity index (χ4n) is 2.00. The molecule has 0 saturated heterocycles. The van der Waals surface area contributed by atoms with Gasteiger partial charge < -0.3 is 5.11 Å². The number of rotatable bonds is 1. The number of benzene rings is 2. The molecule has 0 fully saturated rings. The van der Waals surface area contributed by atoms with Gasteiger partial charge in [-0.1, -0.05) is 54.3 Å². The molecule has 0 aliphatic heterocycles. The van der Waals surface area contributed by atoms with Crippen LogP contribution in [0.1, 0.15) is 0 Å². The number of para-hydroxylation sites is 1. The van der Waals surface area contributed by atoms with Gasteiger partial charge in [-0.05, 0) is 17.0 Å². The Labute approximate surface area is 117 Å². The molecule has 3 aromatic rings. The van der Waals surface area contributed by atoms with E-state index in [0.717, 1.165) is 16.5 Å². The molecule has 3 rings (SSSR count). The summed E-state index contributed by atoms with van der Waals surface area (Å²) in [5, 5.41) is 13.9. The van der Waals surface area contributed by atoms with Gasteiger partial charge in [0.25, 0.3) is 0 Å². The van der Waals surface area contributed by atoms with Gasteiger partial charge in [-0.3, -0.25) is 4.98 Å². The maximum absolute atomic E-state index is 11.8. The summed E-state index contributed by atoms with van der Waals surface area (Å²) in [5.41, 5.74) is 1.41.